The standard InChI is InChI=1S/C7H8N2O4/c1-12-6(10)5-3-8-9(4-5)7(11)13-2/h3-4H,1-2H3. The van der Waals surface area contributed by atoms with E-state index in [9.17, 15) is 9.59 Å². The van der Waals surface area contributed by atoms with Crippen molar-refractivity contribution in [2.75, 3.05) is 14.2 Å². The molecule has 1 heterocycles. The summed E-state index contributed by atoms with van der Waals surface area (Å²) >= 11 is 0. The molecular weight excluding hydrogens is 176 g/mol. The summed E-state index contributed by atoms with van der Waals surface area (Å²) < 4.78 is 9.70. The molecule has 6 nitrogen and oxygen atoms in total. The van der Waals surface area contributed by atoms with Crippen LogP contribution >= 0.6 is 0 Å². The summed E-state index contributed by atoms with van der Waals surface area (Å²) in [6, 6.07) is 0. The van der Waals surface area contributed by atoms with E-state index in [2.05, 4.69) is 14.6 Å². The van der Waals surface area contributed by atoms with Crippen molar-refractivity contribution >= 4 is 12.1 Å². The van der Waals surface area contributed by atoms with Gasteiger partial charge < -0.3 is 9.47 Å². The van der Waals surface area contributed by atoms with Crippen LogP contribution < -0.4 is 0 Å². The first kappa shape index (κ1) is 9.24. The van der Waals surface area contributed by atoms with Crippen LogP contribution in [-0.2, 0) is 9.47 Å². The smallest absolute Gasteiger partial charge is 0.434 e. The number of rotatable bonds is 1. The number of aromatic nitrogens is 2. The number of hydrogen-bond acceptors (Lipinski definition) is 5. The molecule has 70 valence electrons. The third-order valence-corrected chi connectivity index (χ3v) is 1.37. The van der Waals surface area contributed by atoms with E-state index < -0.39 is 12.1 Å². The second kappa shape index (κ2) is 3.70. The van der Waals surface area contributed by atoms with E-state index in [-0.39, 0.29) is 5.56 Å². The van der Waals surface area contributed by atoms with E-state index in [1.54, 1.807) is 0 Å². The second-order valence-corrected chi connectivity index (χ2v) is 2.14. The maximum absolute atomic E-state index is 10.9. The Labute approximate surface area is 74.0 Å². The van der Waals surface area contributed by atoms with Gasteiger partial charge in [-0.15, -0.1) is 0 Å². The average Bonchev–Trinajstić information content (AvgIpc) is 2.64. The molecule has 13 heavy (non-hydrogen) atoms. The number of carbonyl (C=O) groups is 2. The molecule has 0 fully saturated rings. The summed E-state index contributed by atoms with van der Waals surface area (Å²) in [7, 11) is 2.47. The first-order valence-electron chi connectivity index (χ1n) is 3.40. The van der Waals surface area contributed by atoms with Crippen LogP contribution in [0.25, 0.3) is 0 Å². The van der Waals surface area contributed by atoms with Crippen LogP contribution in [0.3, 0.4) is 0 Å². The molecule has 6 heteroatoms. The summed E-state index contributed by atoms with van der Waals surface area (Å²) in [6.45, 7) is 0. The van der Waals surface area contributed by atoms with Crippen molar-refractivity contribution in [1.82, 2.24) is 9.78 Å². The molecule has 0 bridgehead atoms. The van der Waals surface area contributed by atoms with E-state index in [1.807, 2.05) is 0 Å². The molecule has 0 saturated carbocycles. The van der Waals surface area contributed by atoms with E-state index in [0.717, 1.165) is 4.68 Å². The molecule has 0 spiro atoms. The van der Waals surface area contributed by atoms with Gasteiger partial charge in [0.05, 0.1) is 32.2 Å². The summed E-state index contributed by atoms with van der Waals surface area (Å²) in [5.41, 5.74) is 0.202. The average molecular weight is 184 g/mol. The van der Waals surface area contributed by atoms with Crippen molar-refractivity contribution in [2.45, 2.75) is 0 Å². The molecule has 1 aromatic rings. The zero-order valence-electron chi connectivity index (χ0n) is 7.18. The van der Waals surface area contributed by atoms with Crippen molar-refractivity contribution in [3.05, 3.63) is 18.0 Å². The Kier molecular flexibility index (Phi) is 2.63. The van der Waals surface area contributed by atoms with Gasteiger partial charge in [-0.05, 0) is 0 Å². The van der Waals surface area contributed by atoms with Gasteiger partial charge in [-0.25, -0.2) is 9.59 Å². The first-order valence-corrected chi connectivity index (χ1v) is 3.40. The predicted octanol–water partition coefficient (Wildman–Crippen LogP) is 0.284. The Morgan fingerprint density at radius 2 is 2.08 bits per heavy atom. The highest BCUT2D eigenvalue weighted by Gasteiger charge is 2.11. The molecule has 0 N–H and O–H groups in total. The van der Waals surface area contributed by atoms with E-state index >= 15 is 0 Å². The molecule has 0 aliphatic rings. The molecule has 0 saturated heterocycles. The third-order valence-electron chi connectivity index (χ3n) is 1.37. The zero-order chi connectivity index (χ0) is 9.84. The Balaban J connectivity index is 2.86. The molecule has 1 rings (SSSR count). The maximum atomic E-state index is 10.9. The second-order valence-electron chi connectivity index (χ2n) is 2.14. The molecule has 0 amide bonds. The number of carbonyl (C=O) groups excluding carboxylic acids is 2. The van der Waals surface area contributed by atoms with E-state index in [0.29, 0.717) is 0 Å². The number of nitrogens with zero attached hydrogens (tertiary/aromatic N) is 2. The van der Waals surface area contributed by atoms with Crippen molar-refractivity contribution in [2.24, 2.45) is 0 Å². The molecule has 0 aliphatic carbocycles. The van der Waals surface area contributed by atoms with Gasteiger partial charge in [0.25, 0.3) is 0 Å². The lowest BCUT2D eigenvalue weighted by atomic mass is 10.4. The SMILES string of the molecule is COC(=O)c1cnn(C(=O)OC)c1. The number of ether oxygens (including phenoxy) is 2. The van der Waals surface area contributed by atoms with Crippen LogP contribution in [0.4, 0.5) is 4.79 Å². The van der Waals surface area contributed by atoms with Crippen molar-refractivity contribution in [1.29, 1.82) is 0 Å². The monoisotopic (exact) mass is 184 g/mol. The summed E-state index contributed by atoms with van der Waals surface area (Å²) in [4.78, 5) is 21.8. The Bertz CT molecular complexity index is 300. The number of esters is 1. The molecule has 0 aromatic carbocycles. The first-order chi connectivity index (χ1) is 6.19. The van der Waals surface area contributed by atoms with Gasteiger partial charge in [0, 0.05) is 0 Å². The van der Waals surface area contributed by atoms with Crippen LogP contribution in [0.1, 0.15) is 10.4 Å². The van der Waals surface area contributed by atoms with Gasteiger partial charge in [0.2, 0.25) is 0 Å². The predicted molar refractivity (Wildman–Crippen MR) is 41.4 cm³/mol. The third kappa shape index (κ3) is 1.84. The quantitative estimate of drug-likeness (QED) is 0.586. The molecule has 0 aliphatic heterocycles. The van der Waals surface area contributed by atoms with Gasteiger partial charge in [0.1, 0.15) is 0 Å². The van der Waals surface area contributed by atoms with Crippen LogP contribution in [0.2, 0.25) is 0 Å². The van der Waals surface area contributed by atoms with E-state index in [4.69, 9.17) is 0 Å². The largest absolute Gasteiger partial charge is 0.465 e. The Morgan fingerprint density at radius 3 is 2.62 bits per heavy atom. The number of methoxy groups -OCH3 is 2. The summed E-state index contributed by atoms with van der Waals surface area (Å²) in [5, 5.41) is 3.60. The Hall–Kier alpha value is -1.85. The highest BCUT2D eigenvalue weighted by molar-refractivity contribution is 5.89. The molecule has 0 radical (unpaired) electrons. The van der Waals surface area contributed by atoms with Gasteiger partial charge >= 0.3 is 12.1 Å². The molecule has 0 atom stereocenters. The summed E-state index contributed by atoms with van der Waals surface area (Å²) in [5.74, 6) is -0.546. The molecule has 1 aromatic heterocycles. The van der Waals surface area contributed by atoms with E-state index in [1.165, 1.54) is 26.6 Å². The topological polar surface area (TPSA) is 70.4 Å². The van der Waals surface area contributed by atoms with Crippen LogP contribution in [0, 0.1) is 0 Å². The molecule has 0 unspecified atom stereocenters. The van der Waals surface area contributed by atoms with Gasteiger partial charge in [-0.3, -0.25) is 0 Å². The highest BCUT2D eigenvalue weighted by atomic mass is 16.5. The summed E-state index contributed by atoms with van der Waals surface area (Å²) in [6.07, 6.45) is 1.80. The fraction of sp³-hybridized carbons (Fsp3) is 0.286. The van der Waals surface area contributed by atoms with Crippen LogP contribution in [0.5, 0.6) is 0 Å². The minimum Gasteiger partial charge on any atom is -0.465 e. The van der Waals surface area contributed by atoms with Crippen LogP contribution in [-0.4, -0.2) is 36.1 Å². The van der Waals surface area contributed by atoms with Crippen molar-refractivity contribution in [3.8, 4) is 0 Å². The number of hydrogen-bond donors (Lipinski definition) is 0. The highest BCUT2D eigenvalue weighted by Crippen LogP contribution is 1.99. The maximum Gasteiger partial charge on any atom is 0.434 e. The molecular formula is C7H8N2O4. The minimum absolute atomic E-state index is 0.202. The lowest BCUT2D eigenvalue weighted by molar-refractivity contribution is 0.0601. The van der Waals surface area contributed by atoms with Crippen molar-refractivity contribution in [3.63, 3.8) is 0 Å². The fourth-order valence-electron chi connectivity index (χ4n) is 0.739. The van der Waals surface area contributed by atoms with Gasteiger partial charge in [-0.1, -0.05) is 0 Å². The lowest BCUT2D eigenvalue weighted by Crippen LogP contribution is -2.11. The fourth-order valence-corrected chi connectivity index (χ4v) is 0.739. The van der Waals surface area contributed by atoms with Gasteiger partial charge in [-0.2, -0.15) is 9.78 Å². The normalized spacial score (nSPS) is 9.38. The van der Waals surface area contributed by atoms with Crippen LogP contribution in [0.15, 0.2) is 12.4 Å². The minimum atomic E-state index is -0.657. The van der Waals surface area contributed by atoms with Crippen molar-refractivity contribution < 1.29 is 19.1 Å². The Morgan fingerprint density at radius 1 is 1.38 bits per heavy atom. The zero-order valence-corrected chi connectivity index (χ0v) is 7.18. The lowest BCUT2D eigenvalue weighted by Gasteiger charge is -1.95. The van der Waals surface area contributed by atoms with Gasteiger partial charge in [0.15, 0.2) is 0 Å².